The van der Waals surface area contributed by atoms with Crippen LogP contribution in [0.4, 0.5) is 14.4 Å². The molecule has 7 aromatic rings. The van der Waals surface area contributed by atoms with Crippen LogP contribution in [0.25, 0.3) is 0 Å². The third-order valence-corrected chi connectivity index (χ3v) is 14.1. The third kappa shape index (κ3) is 23.8. The van der Waals surface area contributed by atoms with Crippen molar-refractivity contribution in [2.45, 2.75) is 75.9 Å². The Morgan fingerprint density at radius 1 is 0.462 bits per heavy atom. The molecule has 5 atom stereocenters. The maximum absolute atomic E-state index is 13.0. The van der Waals surface area contributed by atoms with Crippen molar-refractivity contribution in [1.29, 1.82) is 0 Å². The van der Waals surface area contributed by atoms with Gasteiger partial charge in [0.15, 0.2) is 0 Å². The molecule has 0 saturated carbocycles. The van der Waals surface area contributed by atoms with Gasteiger partial charge >= 0.3 is 30.2 Å². The van der Waals surface area contributed by atoms with Gasteiger partial charge in [-0.05, 0) is 74.1 Å². The summed E-state index contributed by atoms with van der Waals surface area (Å²) in [6.45, 7) is 4.35. The van der Waals surface area contributed by atoms with E-state index in [0.29, 0.717) is 53.6 Å². The van der Waals surface area contributed by atoms with E-state index < -0.39 is 36.0 Å². The lowest BCUT2D eigenvalue weighted by atomic mass is 9.97. The number of nitrogens with zero attached hydrogens (tertiary/aromatic N) is 2. The average Bonchev–Trinajstić information content (AvgIpc) is 2.28. The van der Waals surface area contributed by atoms with Gasteiger partial charge in [0.05, 0.1) is 71.2 Å². The van der Waals surface area contributed by atoms with Crippen molar-refractivity contribution in [2.24, 2.45) is 0 Å². The molecule has 5 amide bonds. The number of cyclic esters (lactones) is 3. The Labute approximate surface area is 559 Å². The van der Waals surface area contributed by atoms with Crippen LogP contribution in [0.5, 0.6) is 23.0 Å². The van der Waals surface area contributed by atoms with Crippen molar-refractivity contribution in [1.82, 2.24) is 15.1 Å². The maximum Gasteiger partial charge on any atom is 0.417 e. The van der Waals surface area contributed by atoms with Crippen molar-refractivity contribution in [3.05, 3.63) is 227 Å². The molecule has 0 unspecified atom stereocenters. The minimum Gasteiger partial charge on any atom is -0.496 e. The number of methoxy groups -OCH3 is 4. The summed E-state index contributed by atoms with van der Waals surface area (Å²) in [6.07, 6.45) is 0.659. The van der Waals surface area contributed by atoms with Crippen molar-refractivity contribution >= 4 is 96.0 Å². The van der Waals surface area contributed by atoms with Crippen LogP contribution < -0.4 is 24.3 Å². The monoisotopic (exact) mass is 1320 g/mol. The number of carboxylic acid groups (broad SMARTS) is 2. The summed E-state index contributed by atoms with van der Waals surface area (Å²) < 4.78 is 35.7. The molecule has 0 radical (unpaired) electrons. The molecule has 0 bridgehead atoms. The Kier molecular flexibility index (Phi) is 35.1. The normalized spacial score (nSPS) is 15.3. The van der Waals surface area contributed by atoms with Crippen molar-refractivity contribution in [3.8, 4) is 23.0 Å². The molecular weight excluding hydrogens is 1240 g/mol. The van der Waals surface area contributed by atoms with Gasteiger partial charge < -0.3 is 48.7 Å². The lowest BCUT2D eigenvalue weighted by Crippen LogP contribution is -2.42. The van der Waals surface area contributed by atoms with E-state index in [1.807, 2.05) is 146 Å². The minimum absolute atomic E-state index is 0. The molecule has 7 aromatic carbocycles. The molecule has 3 aliphatic rings. The number of hydrogen-bond acceptors (Lipinski definition) is 14. The summed E-state index contributed by atoms with van der Waals surface area (Å²) in [5.74, 6) is -0.748. The highest BCUT2D eigenvalue weighted by Crippen LogP contribution is 2.31. The molecule has 3 saturated heterocycles. The first-order valence-electron chi connectivity index (χ1n) is 28.0. The van der Waals surface area contributed by atoms with Gasteiger partial charge in [0, 0.05) is 22.3 Å². The number of nitrogens with one attached hydrogen (secondary N) is 1. The fourth-order valence-electron chi connectivity index (χ4n) is 9.64. The van der Waals surface area contributed by atoms with Gasteiger partial charge in [0.25, 0.3) is 0 Å². The molecule has 3 N–H and O–H groups in total. The average molecular weight is 1320 g/mol. The maximum atomic E-state index is 13.0. The van der Waals surface area contributed by atoms with Gasteiger partial charge in [0.2, 0.25) is 11.8 Å². The fourth-order valence-corrected chi connectivity index (χ4v) is 9.64. The number of aliphatic carboxylic acids is 2. The van der Waals surface area contributed by atoms with E-state index in [1.165, 1.54) is 29.6 Å². The molecule has 0 spiro atoms. The van der Waals surface area contributed by atoms with E-state index in [0.717, 1.165) is 28.7 Å². The first-order valence-corrected chi connectivity index (χ1v) is 28.0. The molecule has 0 aliphatic carbocycles. The quantitative estimate of drug-likeness (QED) is 0.0676. The number of carbonyl (C=O) groups excluding carboxylic acids is 5. The van der Waals surface area contributed by atoms with Crippen LogP contribution in [0, 0.1) is 0 Å². The fraction of sp³-hybridized carbons (Fsp3) is 0.279. The lowest BCUT2D eigenvalue weighted by molar-refractivity contribution is -0.138. The predicted octanol–water partition coefficient (Wildman–Crippen LogP) is 11.2. The Morgan fingerprint density at radius 2 is 0.824 bits per heavy atom. The second kappa shape index (κ2) is 40.8. The van der Waals surface area contributed by atoms with Crippen LogP contribution in [0.15, 0.2) is 188 Å². The zero-order valence-electron chi connectivity index (χ0n) is 51.4. The van der Waals surface area contributed by atoms with Crippen molar-refractivity contribution < 1.29 is 76.9 Å². The highest BCUT2D eigenvalue weighted by molar-refractivity contribution is 7.59. The van der Waals surface area contributed by atoms with Gasteiger partial charge in [-0.3, -0.25) is 19.2 Å². The zero-order valence-corrected chi connectivity index (χ0v) is 55.4. The van der Waals surface area contributed by atoms with E-state index in [1.54, 1.807) is 70.5 Å². The van der Waals surface area contributed by atoms with E-state index >= 15 is 0 Å². The molecule has 23 heteroatoms. The third-order valence-electron chi connectivity index (χ3n) is 14.1. The second-order valence-electron chi connectivity index (χ2n) is 20.1. The lowest BCUT2D eigenvalue weighted by Gasteiger charge is -2.24. The van der Waals surface area contributed by atoms with Gasteiger partial charge in [-0.2, -0.15) is 54.0 Å². The summed E-state index contributed by atoms with van der Waals surface area (Å²) >= 11 is 0. The number of alkyl carbamates (subject to hydrolysis) is 1. The van der Waals surface area contributed by atoms with E-state index in [9.17, 15) is 33.6 Å². The highest BCUT2D eigenvalue weighted by Gasteiger charge is 2.41. The molecule has 19 nitrogen and oxygen atoms in total. The van der Waals surface area contributed by atoms with Crippen LogP contribution in [0.1, 0.15) is 64.6 Å². The number of ether oxygens (including phenoxy) is 7. The van der Waals surface area contributed by atoms with Gasteiger partial charge in [-0.15, -0.1) is 0 Å². The number of carbonyl (C=O) groups is 7. The van der Waals surface area contributed by atoms with Gasteiger partial charge in [-0.25, -0.2) is 24.2 Å². The van der Waals surface area contributed by atoms with Crippen molar-refractivity contribution in [3.63, 3.8) is 0 Å². The molecule has 10 rings (SSSR count). The second-order valence-corrected chi connectivity index (χ2v) is 20.1. The van der Waals surface area contributed by atoms with Crippen LogP contribution in [-0.4, -0.2) is 128 Å². The Bertz CT molecular complexity index is 3390. The van der Waals surface area contributed by atoms with Crippen LogP contribution in [0.3, 0.4) is 0 Å². The Hall–Kier alpha value is -8.77. The van der Waals surface area contributed by atoms with Gasteiger partial charge in [-0.1, -0.05) is 164 Å². The number of rotatable bonds is 18. The smallest absolute Gasteiger partial charge is 0.417 e. The standard InChI is InChI=1S/C20H21NO4.C19H19NO4.C10H11NO2.C10H12O3.C9H10O3.4H2S/c1-14(17-10-6-7-11-18(17)24-2)19(22)21-16(13-25-20(21)23)12-15-8-4-3-5-9-15;1-23-17-10-6-5-9-15(17)12-18(21)20-16(13-24-19(20)22)11-14-7-3-2-4-8-14;12-10-11-9(7-13-10)6-8-4-2-1-3-5-8;1-7(10(11)12)8-5-3-4-6-9(8)13-2;1-12-8-5-3-2-4-7(8)6-9(10)11;;;;/h3-11,14,16H,12-13H2,1-2H3;2-10,16H,11-13H2,1H3;1-5,9H,6-7H2,(H,11,12);3-7H,1-2H3,(H,11,12);2-5H,6H2,1H3,(H,10,11);4*1H2/t14-,16-;16-;9-;7-;;;;;/m0000...../s1. The molecular formula is C68H81N3O16S4. The first-order chi connectivity index (χ1) is 42.0. The number of benzene rings is 7. The van der Waals surface area contributed by atoms with E-state index in [4.69, 9.17) is 43.4 Å². The summed E-state index contributed by atoms with van der Waals surface area (Å²) in [5, 5.41) is 20.1. The summed E-state index contributed by atoms with van der Waals surface area (Å²) in [4.78, 5) is 84.1. The van der Waals surface area contributed by atoms with E-state index in [2.05, 4.69) is 5.32 Å². The molecule has 488 valence electrons. The van der Waals surface area contributed by atoms with Crippen LogP contribution >= 0.6 is 54.0 Å². The minimum atomic E-state index is -0.848. The van der Waals surface area contributed by atoms with Crippen LogP contribution in [0.2, 0.25) is 0 Å². The molecule has 91 heavy (non-hydrogen) atoms. The number of hydrogen-bond donors (Lipinski definition) is 3. The largest absolute Gasteiger partial charge is 0.496 e. The van der Waals surface area contributed by atoms with Crippen LogP contribution in [-0.2, 0) is 65.5 Å². The summed E-state index contributed by atoms with van der Waals surface area (Å²) in [6, 6.07) is 58.1. The molecule has 0 aromatic heterocycles. The number of amides is 5. The Morgan fingerprint density at radius 3 is 1.23 bits per heavy atom. The molecule has 3 aliphatic heterocycles. The topological polar surface area (TPSA) is 243 Å². The first kappa shape index (κ1) is 78.3. The van der Waals surface area contributed by atoms with Crippen molar-refractivity contribution in [2.75, 3.05) is 48.3 Å². The summed E-state index contributed by atoms with van der Waals surface area (Å²) in [7, 11) is 6.19. The van der Waals surface area contributed by atoms with E-state index in [-0.39, 0.29) is 116 Å². The SMILES string of the molecule is COc1ccccc1CC(=O)N1C(=O)OC[C@@H]1Cc1ccccc1.COc1ccccc1CC(=O)O.COc1ccccc1[C@H](C)C(=O)N1C(=O)OC[C@@H]1Cc1ccccc1.COc1ccccc1[C@H](C)C(=O)O.O=C1N[C@@H](Cc2ccccc2)CO1.S.S.S.S. The zero-order chi connectivity index (χ0) is 62.7. The number of imide groups is 2. The predicted molar refractivity (Wildman–Crippen MR) is 366 cm³/mol. The Balaban J connectivity index is 0.000000397. The molecule has 3 heterocycles. The van der Waals surface area contributed by atoms with Gasteiger partial charge in [0.1, 0.15) is 42.8 Å². The number of para-hydroxylation sites is 4. The number of carboxylic acids is 2. The molecule has 3 fully saturated rings. The highest BCUT2D eigenvalue weighted by atomic mass is 32.1. The summed E-state index contributed by atoms with van der Waals surface area (Å²) in [5.41, 5.74) is 6.27.